The number of anilines is 1. The van der Waals surface area contributed by atoms with Gasteiger partial charge >= 0.3 is 0 Å². The number of aliphatic hydroxyl groups excluding tert-OH is 1. The number of carbonyl (C=O) groups is 1. The molecule has 2 N–H and O–H groups in total. The Balaban J connectivity index is 2.19. The highest BCUT2D eigenvalue weighted by atomic mass is 32.1. The minimum absolute atomic E-state index is 0.0556. The van der Waals surface area contributed by atoms with E-state index in [1.54, 1.807) is 0 Å². The van der Waals surface area contributed by atoms with Crippen molar-refractivity contribution in [1.82, 2.24) is 0 Å². The molecule has 108 valence electrons. The van der Waals surface area contributed by atoms with Crippen molar-refractivity contribution in [2.45, 2.75) is 20.3 Å². The molecule has 1 aromatic heterocycles. The van der Waals surface area contributed by atoms with Crippen molar-refractivity contribution in [1.29, 1.82) is 0 Å². The third-order valence-electron chi connectivity index (χ3n) is 2.87. The maximum Gasteiger partial charge on any atom is 0.265 e. The van der Waals surface area contributed by atoms with Gasteiger partial charge < -0.3 is 10.4 Å². The Labute approximate surface area is 128 Å². The van der Waals surface area contributed by atoms with Crippen LogP contribution in [0.2, 0.25) is 0 Å². The Hall–Kier alpha value is -2.09. The SMILES string of the molecule is Cc1cc(C#CCCO)cc(NC(=O)c2sccc2C)c1. The largest absolute Gasteiger partial charge is 0.395 e. The molecule has 0 aliphatic carbocycles. The smallest absolute Gasteiger partial charge is 0.265 e. The van der Waals surface area contributed by atoms with Crippen LogP contribution in [0.4, 0.5) is 5.69 Å². The van der Waals surface area contributed by atoms with Gasteiger partial charge in [-0.1, -0.05) is 11.8 Å². The number of benzene rings is 1. The van der Waals surface area contributed by atoms with Crippen LogP contribution in [0.25, 0.3) is 0 Å². The van der Waals surface area contributed by atoms with Crippen LogP contribution in [0.5, 0.6) is 0 Å². The lowest BCUT2D eigenvalue weighted by atomic mass is 10.1. The second-order valence-electron chi connectivity index (χ2n) is 4.75. The molecule has 2 rings (SSSR count). The quantitative estimate of drug-likeness (QED) is 0.854. The first kappa shape index (κ1) is 15.3. The molecular formula is C17H17NO2S. The van der Waals surface area contributed by atoms with Gasteiger partial charge in [-0.05, 0) is 54.6 Å². The van der Waals surface area contributed by atoms with Gasteiger partial charge in [0.25, 0.3) is 5.91 Å². The summed E-state index contributed by atoms with van der Waals surface area (Å²) < 4.78 is 0. The minimum atomic E-state index is -0.0950. The summed E-state index contributed by atoms with van der Waals surface area (Å²) in [7, 11) is 0. The van der Waals surface area contributed by atoms with Gasteiger partial charge in [-0.2, -0.15) is 0 Å². The first-order chi connectivity index (χ1) is 10.1. The first-order valence-electron chi connectivity index (χ1n) is 6.67. The van der Waals surface area contributed by atoms with E-state index in [-0.39, 0.29) is 12.5 Å². The Kier molecular flexibility index (Phi) is 5.15. The van der Waals surface area contributed by atoms with Crippen molar-refractivity contribution in [3.63, 3.8) is 0 Å². The van der Waals surface area contributed by atoms with Crippen LogP contribution in [-0.4, -0.2) is 17.6 Å². The van der Waals surface area contributed by atoms with E-state index in [1.807, 2.05) is 43.5 Å². The molecule has 0 aliphatic heterocycles. The fourth-order valence-corrected chi connectivity index (χ4v) is 2.76. The maximum absolute atomic E-state index is 12.2. The lowest BCUT2D eigenvalue weighted by molar-refractivity contribution is 0.103. The monoisotopic (exact) mass is 299 g/mol. The third kappa shape index (κ3) is 4.19. The standard InChI is InChI=1S/C17H17NO2S/c1-12-9-14(5-3-4-7-19)11-15(10-12)18-17(20)16-13(2)6-8-21-16/h6,8-11,19H,4,7H2,1-2H3,(H,18,20). The molecule has 0 saturated carbocycles. The average molecular weight is 299 g/mol. The fourth-order valence-electron chi connectivity index (χ4n) is 1.94. The van der Waals surface area contributed by atoms with Gasteiger partial charge in [-0.25, -0.2) is 0 Å². The van der Waals surface area contributed by atoms with Crippen LogP contribution in [0, 0.1) is 25.7 Å². The van der Waals surface area contributed by atoms with Gasteiger partial charge in [0.05, 0.1) is 11.5 Å². The van der Waals surface area contributed by atoms with Gasteiger partial charge in [-0.15, -0.1) is 11.3 Å². The summed E-state index contributed by atoms with van der Waals surface area (Å²) in [6.45, 7) is 3.94. The lowest BCUT2D eigenvalue weighted by Gasteiger charge is -2.06. The van der Waals surface area contributed by atoms with Crippen molar-refractivity contribution >= 4 is 22.9 Å². The zero-order valence-corrected chi connectivity index (χ0v) is 12.9. The Morgan fingerprint density at radius 2 is 2.14 bits per heavy atom. The van der Waals surface area contributed by atoms with Gasteiger partial charge in [-0.3, -0.25) is 4.79 Å². The number of thiophene rings is 1. The summed E-state index contributed by atoms with van der Waals surface area (Å²) in [4.78, 5) is 12.9. The topological polar surface area (TPSA) is 49.3 Å². The molecule has 1 amide bonds. The number of aliphatic hydroxyl groups is 1. The van der Waals surface area contributed by atoms with Crippen LogP contribution in [0.3, 0.4) is 0 Å². The van der Waals surface area contributed by atoms with E-state index in [0.717, 1.165) is 27.3 Å². The summed E-state index contributed by atoms with van der Waals surface area (Å²) in [6, 6.07) is 7.65. The van der Waals surface area contributed by atoms with Crippen LogP contribution in [-0.2, 0) is 0 Å². The van der Waals surface area contributed by atoms with Crippen molar-refractivity contribution in [3.8, 4) is 11.8 Å². The number of hydrogen-bond donors (Lipinski definition) is 2. The van der Waals surface area contributed by atoms with Gasteiger partial charge in [0.1, 0.15) is 0 Å². The molecule has 0 fully saturated rings. The first-order valence-corrected chi connectivity index (χ1v) is 7.55. The summed E-state index contributed by atoms with van der Waals surface area (Å²) in [5.74, 6) is 5.78. The minimum Gasteiger partial charge on any atom is -0.395 e. The van der Waals surface area contributed by atoms with E-state index >= 15 is 0 Å². The summed E-state index contributed by atoms with van der Waals surface area (Å²) in [5.41, 5.74) is 3.58. The lowest BCUT2D eigenvalue weighted by Crippen LogP contribution is -2.11. The van der Waals surface area contributed by atoms with Gasteiger partial charge in [0.15, 0.2) is 0 Å². The van der Waals surface area contributed by atoms with Crippen LogP contribution in [0.15, 0.2) is 29.6 Å². The third-order valence-corrected chi connectivity index (χ3v) is 3.89. The molecule has 21 heavy (non-hydrogen) atoms. The van der Waals surface area contributed by atoms with E-state index in [4.69, 9.17) is 5.11 Å². The zero-order valence-electron chi connectivity index (χ0n) is 12.1. The fraction of sp³-hybridized carbons (Fsp3) is 0.235. The second-order valence-corrected chi connectivity index (χ2v) is 5.67. The summed E-state index contributed by atoms with van der Waals surface area (Å²) in [6.07, 6.45) is 0.448. The zero-order chi connectivity index (χ0) is 15.2. The second kappa shape index (κ2) is 7.07. The number of aryl methyl sites for hydroxylation is 2. The molecule has 0 saturated heterocycles. The van der Waals surface area contributed by atoms with E-state index < -0.39 is 0 Å². The van der Waals surface area contributed by atoms with E-state index in [1.165, 1.54) is 11.3 Å². The summed E-state index contributed by atoms with van der Waals surface area (Å²) in [5, 5.41) is 13.6. The van der Waals surface area contributed by atoms with Crippen molar-refractivity contribution < 1.29 is 9.90 Å². The normalized spacial score (nSPS) is 9.86. The molecule has 0 aliphatic rings. The van der Waals surface area contributed by atoms with Crippen molar-refractivity contribution in [2.75, 3.05) is 11.9 Å². The molecule has 3 nitrogen and oxygen atoms in total. The summed E-state index contributed by atoms with van der Waals surface area (Å²) >= 11 is 1.43. The molecule has 0 atom stereocenters. The molecule has 0 radical (unpaired) electrons. The number of carbonyl (C=O) groups excluding carboxylic acids is 1. The van der Waals surface area contributed by atoms with Crippen LogP contribution >= 0.6 is 11.3 Å². The predicted octanol–water partition coefficient (Wildman–Crippen LogP) is 3.35. The highest BCUT2D eigenvalue weighted by molar-refractivity contribution is 7.12. The Morgan fingerprint density at radius 1 is 1.33 bits per heavy atom. The van der Waals surface area contributed by atoms with Gasteiger partial charge in [0, 0.05) is 17.7 Å². The Bertz CT molecular complexity index is 707. The highest BCUT2D eigenvalue weighted by Crippen LogP contribution is 2.19. The molecule has 0 spiro atoms. The maximum atomic E-state index is 12.2. The molecular weight excluding hydrogens is 282 g/mol. The molecule has 1 aromatic carbocycles. The highest BCUT2D eigenvalue weighted by Gasteiger charge is 2.10. The van der Waals surface area contributed by atoms with E-state index in [9.17, 15) is 4.79 Å². The number of nitrogens with one attached hydrogen (secondary N) is 1. The number of hydrogen-bond acceptors (Lipinski definition) is 3. The van der Waals surface area contributed by atoms with Crippen molar-refractivity contribution in [2.24, 2.45) is 0 Å². The molecule has 4 heteroatoms. The van der Waals surface area contributed by atoms with E-state index in [0.29, 0.717) is 6.42 Å². The van der Waals surface area contributed by atoms with Crippen LogP contribution in [0.1, 0.15) is 32.8 Å². The molecule has 0 bridgehead atoms. The van der Waals surface area contributed by atoms with E-state index in [2.05, 4.69) is 17.2 Å². The molecule has 2 aromatic rings. The number of amides is 1. The average Bonchev–Trinajstić information content (AvgIpc) is 2.85. The van der Waals surface area contributed by atoms with Crippen molar-refractivity contribution in [3.05, 3.63) is 51.2 Å². The molecule has 1 heterocycles. The Morgan fingerprint density at radius 3 is 2.81 bits per heavy atom. The number of rotatable bonds is 3. The molecule has 0 unspecified atom stereocenters. The van der Waals surface area contributed by atoms with Crippen LogP contribution < -0.4 is 5.32 Å². The predicted molar refractivity (Wildman–Crippen MR) is 86.8 cm³/mol. The van der Waals surface area contributed by atoms with Gasteiger partial charge in [0.2, 0.25) is 0 Å².